The molecule has 1 N–H and O–H groups in total. The van der Waals surface area contributed by atoms with Crippen molar-refractivity contribution in [2.75, 3.05) is 11.1 Å². The third kappa shape index (κ3) is 3.15. The van der Waals surface area contributed by atoms with Crippen molar-refractivity contribution in [2.24, 2.45) is 0 Å². The zero-order valence-electron chi connectivity index (χ0n) is 14.7. The van der Waals surface area contributed by atoms with Crippen LogP contribution in [0.15, 0.2) is 59.5 Å². The van der Waals surface area contributed by atoms with E-state index in [0.29, 0.717) is 5.56 Å². The van der Waals surface area contributed by atoms with Crippen LogP contribution >= 0.6 is 11.8 Å². The maximum absolute atomic E-state index is 13.0. The minimum absolute atomic E-state index is 0.0756. The summed E-state index contributed by atoms with van der Waals surface area (Å²) in [5.41, 5.74) is 3.95. The van der Waals surface area contributed by atoms with Crippen molar-refractivity contribution in [3.05, 3.63) is 71.4 Å². The van der Waals surface area contributed by atoms with Crippen LogP contribution in [0.1, 0.15) is 35.0 Å². The Morgan fingerprint density at radius 1 is 1.12 bits per heavy atom. The lowest BCUT2D eigenvalue weighted by atomic mass is 10.2. The van der Waals surface area contributed by atoms with E-state index in [4.69, 9.17) is 5.10 Å². The molecule has 0 saturated heterocycles. The van der Waals surface area contributed by atoms with Crippen molar-refractivity contribution >= 4 is 23.5 Å². The zero-order valence-corrected chi connectivity index (χ0v) is 15.6. The van der Waals surface area contributed by atoms with Crippen LogP contribution in [-0.2, 0) is 12.8 Å². The molecule has 0 fully saturated rings. The van der Waals surface area contributed by atoms with Crippen molar-refractivity contribution in [3.8, 4) is 5.69 Å². The average Bonchev–Trinajstić information content (AvgIpc) is 3.26. The quantitative estimate of drug-likeness (QED) is 0.667. The Labute approximate surface area is 157 Å². The third-order valence-corrected chi connectivity index (χ3v) is 5.53. The van der Waals surface area contributed by atoms with Crippen molar-refractivity contribution in [3.63, 3.8) is 0 Å². The second-order valence-electron chi connectivity index (χ2n) is 6.26. The number of aromatic nitrogens is 2. The highest BCUT2D eigenvalue weighted by Crippen LogP contribution is 2.32. The Morgan fingerprint density at radius 3 is 2.69 bits per heavy atom. The van der Waals surface area contributed by atoms with E-state index < -0.39 is 0 Å². The molecule has 1 aliphatic rings. The molecule has 0 saturated carbocycles. The number of carbonyl (C=O) groups excluding carboxylic acids is 1. The minimum atomic E-state index is -0.0756. The number of hydrogen-bond donors (Lipinski definition) is 1. The highest BCUT2D eigenvalue weighted by atomic mass is 32.2. The number of aryl methyl sites for hydroxylation is 1. The molecule has 1 aromatic heterocycles. The van der Waals surface area contributed by atoms with Gasteiger partial charge in [0.1, 0.15) is 5.82 Å². The second kappa shape index (κ2) is 7.38. The lowest BCUT2D eigenvalue weighted by Gasteiger charge is -2.13. The first-order valence-corrected chi connectivity index (χ1v) is 9.96. The number of benzene rings is 2. The van der Waals surface area contributed by atoms with Crippen molar-refractivity contribution < 1.29 is 4.79 Å². The summed E-state index contributed by atoms with van der Waals surface area (Å²) in [6, 6.07) is 17.8. The topological polar surface area (TPSA) is 46.9 Å². The Bertz CT molecular complexity index is 934. The molecule has 0 unspecified atom stereocenters. The summed E-state index contributed by atoms with van der Waals surface area (Å²) in [6.45, 7) is 2.09. The lowest BCUT2D eigenvalue weighted by Crippen LogP contribution is -2.17. The Morgan fingerprint density at radius 2 is 1.88 bits per heavy atom. The first-order chi connectivity index (χ1) is 12.8. The van der Waals surface area contributed by atoms with Gasteiger partial charge in [0.2, 0.25) is 0 Å². The van der Waals surface area contributed by atoms with E-state index in [9.17, 15) is 4.79 Å². The van der Waals surface area contributed by atoms with E-state index in [-0.39, 0.29) is 5.91 Å². The Kier molecular flexibility index (Phi) is 4.80. The smallest absolute Gasteiger partial charge is 0.257 e. The fourth-order valence-electron chi connectivity index (χ4n) is 3.39. The zero-order chi connectivity index (χ0) is 17.9. The number of nitrogens with zero attached hydrogens (tertiary/aromatic N) is 2. The lowest BCUT2D eigenvalue weighted by molar-refractivity contribution is 0.102. The molecule has 0 bridgehead atoms. The van der Waals surface area contributed by atoms with E-state index >= 15 is 0 Å². The molecule has 1 amide bonds. The fourth-order valence-corrected chi connectivity index (χ4v) is 4.19. The Hall–Kier alpha value is -2.53. The second-order valence-corrected chi connectivity index (χ2v) is 7.56. The molecule has 4 nitrogen and oxygen atoms in total. The van der Waals surface area contributed by atoms with E-state index in [1.54, 1.807) is 11.8 Å². The van der Waals surface area contributed by atoms with Gasteiger partial charge in [0.15, 0.2) is 0 Å². The van der Waals surface area contributed by atoms with E-state index in [1.807, 2.05) is 59.3 Å². The molecule has 1 heterocycles. The monoisotopic (exact) mass is 363 g/mol. The van der Waals surface area contributed by atoms with Crippen LogP contribution in [0.25, 0.3) is 5.69 Å². The number of rotatable bonds is 5. The number of para-hydroxylation sites is 1. The third-order valence-electron chi connectivity index (χ3n) is 4.57. The van der Waals surface area contributed by atoms with Gasteiger partial charge in [-0.15, -0.1) is 11.8 Å². The van der Waals surface area contributed by atoms with Gasteiger partial charge in [-0.2, -0.15) is 5.10 Å². The van der Waals surface area contributed by atoms with Gasteiger partial charge in [0.25, 0.3) is 5.91 Å². The van der Waals surface area contributed by atoms with Crippen LogP contribution in [0.2, 0.25) is 0 Å². The van der Waals surface area contributed by atoms with Crippen LogP contribution in [0, 0.1) is 0 Å². The maximum atomic E-state index is 13.0. The molecule has 2 aromatic carbocycles. The van der Waals surface area contributed by atoms with Gasteiger partial charge < -0.3 is 5.32 Å². The standard InChI is InChI=1S/C21H21N3OS/c1-2-26-19-14-7-6-11-17(19)21(25)22-20-16-12-8-13-18(16)23-24(20)15-9-4-3-5-10-15/h3-7,9-11,14H,2,8,12-13H2,1H3,(H,22,25). The van der Waals surface area contributed by atoms with Crippen LogP contribution in [0.3, 0.4) is 0 Å². The number of amides is 1. The fraction of sp³-hybridized carbons (Fsp3) is 0.238. The summed E-state index contributed by atoms with van der Waals surface area (Å²) in [7, 11) is 0. The first-order valence-electron chi connectivity index (χ1n) is 8.97. The van der Waals surface area contributed by atoms with Gasteiger partial charge in [-0.05, 0) is 49.3 Å². The van der Waals surface area contributed by atoms with Gasteiger partial charge in [0, 0.05) is 10.5 Å². The number of nitrogens with one attached hydrogen (secondary N) is 1. The highest BCUT2D eigenvalue weighted by Gasteiger charge is 2.25. The summed E-state index contributed by atoms with van der Waals surface area (Å²) < 4.78 is 1.87. The molecule has 26 heavy (non-hydrogen) atoms. The number of fused-ring (bicyclic) bond motifs is 1. The largest absolute Gasteiger partial charge is 0.306 e. The molecular weight excluding hydrogens is 342 g/mol. The van der Waals surface area contributed by atoms with Gasteiger partial charge in [-0.25, -0.2) is 4.68 Å². The maximum Gasteiger partial charge on any atom is 0.257 e. The molecule has 0 radical (unpaired) electrons. The minimum Gasteiger partial charge on any atom is -0.306 e. The van der Waals surface area contributed by atoms with Crippen LogP contribution in [-0.4, -0.2) is 21.4 Å². The van der Waals surface area contributed by atoms with Gasteiger partial charge in [0.05, 0.1) is 16.9 Å². The summed E-state index contributed by atoms with van der Waals surface area (Å²) in [5, 5.41) is 7.92. The Balaban J connectivity index is 1.72. The van der Waals surface area contributed by atoms with E-state index in [2.05, 4.69) is 12.2 Å². The van der Waals surface area contributed by atoms with Crippen LogP contribution in [0.5, 0.6) is 0 Å². The summed E-state index contributed by atoms with van der Waals surface area (Å²) in [6.07, 6.45) is 3.03. The summed E-state index contributed by atoms with van der Waals surface area (Å²) in [4.78, 5) is 14.0. The molecule has 132 valence electrons. The SMILES string of the molecule is CCSc1ccccc1C(=O)Nc1c2c(nn1-c1ccccc1)CCC2. The number of anilines is 1. The molecular formula is C21H21N3OS. The number of carbonyl (C=O) groups is 1. The van der Waals surface area contributed by atoms with E-state index in [0.717, 1.165) is 47.1 Å². The van der Waals surface area contributed by atoms with Gasteiger partial charge in [-0.1, -0.05) is 37.3 Å². The van der Waals surface area contributed by atoms with Crippen LogP contribution < -0.4 is 5.32 Å². The molecule has 4 rings (SSSR count). The molecule has 0 atom stereocenters. The molecule has 1 aliphatic carbocycles. The molecule has 0 aliphatic heterocycles. The average molecular weight is 363 g/mol. The normalized spacial score (nSPS) is 12.8. The summed E-state index contributed by atoms with van der Waals surface area (Å²) in [5.74, 6) is 1.67. The number of hydrogen-bond acceptors (Lipinski definition) is 3. The molecule has 5 heteroatoms. The van der Waals surface area contributed by atoms with Crippen LogP contribution in [0.4, 0.5) is 5.82 Å². The highest BCUT2D eigenvalue weighted by molar-refractivity contribution is 7.99. The summed E-state index contributed by atoms with van der Waals surface area (Å²) >= 11 is 1.69. The predicted molar refractivity (Wildman–Crippen MR) is 106 cm³/mol. The van der Waals surface area contributed by atoms with Crippen molar-refractivity contribution in [1.82, 2.24) is 9.78 Å². The van der Waals surface area contributed by atoms with E-state index in [1.165, 1.54) is 5.56 Å². The van der Waals surface area contributed by atoms with Gasteiger partial charge in [-0.3, -0.25) is 4.79 Å². The molecule has 3 aromatic rings. The first kappa shape index (κ1) is 16.9. The molecule has 0 spiro atoms. The number of thioether (sulfide) groups is 1. The van der Waals surface area contributed by atoms with Crippen molar-refractivity contribution in [2.45, 2.75) is 31.1 Å². The van der Waals surface area contributed by atoms with Crippen molar-refractivity contribution in [1.29, 1.82) is 0 Å². The predicted octanol–water partition coefficient (Wildman–Crippen LogP) is 4.73. The van der Waals surface area contributed by atoms with Gasteiger partial charge >= 0.3 is 0 Å².